The van der Waals surface area contributed by atoms with Gasteiger partial charge in [-0.25, -0.2) is 0 Å². The summed E-state index contributed by atoms with van der Waals surface area (Å²) >= 11 is 5.76. The Morgan fingerprint density at radius 3 is 2.42 bits per heavy atom. The van der Waals surface area contributed by atoms with Gasteiger partial charge in [-0.05, 0) is 31.2 Å². The van der Waals surface area contributed by atoms with E-state index in [2.05, 4.69) is 21.2 Å². The zero-order valence-electron chi connectivity index (χ0n) is 12.8. The zero-order valence-corrected chi connectivity index (χ0v) is 13.6. The first-order valence-electron chi connectivity index (χ1n) is 7.01. The molecule has 0 bridgehead atoms. The van der Waals surface area contributed by atoms with Crippen molar-refractivity contribution in [1.82, 2.24) is 21.2 Å². The largest absolute Gasteiger partial charge is 0.342 e. The van der Waals surface area contributed by atoms with E-state index in [4.69, 9.17) is 11.6 Å². The molecule has 2 aromatic rings. The third-order valence-corrected chi connectivity index (χ3v) is 3.23. The first-order valence-corrected chi connectivity index (χ1v) is 7.39. The van der Waals surface area contributed by atoms with Crippen molar-refractivity contribution in [3.63, 3.8) is 0 Å². The number of nitrogens with one attached hydrogen (secondary N) is 3. The predicted molar refractivity (Wildman–Crippen MR) is 88.4 cm³/mol. The summed E-state index contributed by atoms with van der Waals surface area (Å²) in [6.45, 7) is 1.59. The lowest BCUT2D eigenvalue weighted by Crippen LogP contribution is -2.46. The lowest BCUT2D eigenvalue weighted by Gasteiger charge is -2.08. The van der Waals surface area contributed by atoms with E-state index in [1.165, 1.54) is 18.3 Å². The molecule has 0 aliphatic carbocycles. The van der Waals surface area contributed by atoms with E-state index in [1.807, 2.05) is 6.92 Å². The van der Waals surface area contributed by atoms with E-state index in [1.54, 1.807) is 24.3 Å². The molecule has 124 valence electrons. The van der Waals surface area contributed by atoms with Crippen molar-refractivity contribution in [3.8, 4) is 0 Å². The van der Waals surface area contributed by atoms with Gasteiger partial charge in [0, 0.05) is 16.8 Å². The van der Waals surface area contributed by atoms with Gasteiger partial charge < -0.3 is 5.32 Å². The third kappa shape index (κ3) is 5.06. The lowest BCUT2D eigenvalue weighted by atomic mass is 10.1. The van der Waals surface area contributed by atoms with Gasteiger partial charge in [-0.2, -0.15) is 0 Å². The minimum Gasteiger partial charge on any atom is -0.342 e. The van der Waals surface area contributed by atoms with Crippen LogP contribution in [0.4, 0.5) is 0 Å². The number of carbonyl (C=O) groups is 3. The SMILES string of the molecule is Cc1ccc(C(=O)NNC(=O)CNC(=O)c2cc(Cl)ccn2)cc1. The van der Waals surface area contributed by atoms with Crippen LogP contribution in [0, 0.1) is 6.92 Å². The number of carbonyl (C=O) groups excluding carboxylic acids is 3. The summed E-state index contributed by atoms with van der Waals surface area (Å²) in [5.41, 5.74) is 6.01. The Balaban J connectivity index is 1.78. The fourth-order valence-electron chi connectivity index (χ4n) is 1.73. The highest BCUT2D eigenvalue weighted by atomic mass is 35.5. The van der Waals surface area contributed by atoms with Gasteiger partial charge in [0.05, 0.1) is 6.54 Å². The summed E-state index contributed by atoms with van der Waals surface area (Å²) in [6, 6.07) is 9.77. The van der Waals surface area contributed by atoms with E-state index in [0.717, 1.165) is 5.56 Å². The van der Waals surface area contributed by atoms with Crippen LogP contribution in [0.25, 0.3) is 0 Å². The second-order valence-corrected chi connectivity index (χ2v) is 5.35. The first-order chi connectivity index (χ1) is 11.5. The molecule has 3 N–H and O–H groups in total. The molecular weight excluding hydrogens is 332 g/mol. The van der Waals surface area contributed by atoms with Gasteiger partial charge in [-0.15, -0.1) is 0 Å². The lowest BCUT2D eigenvalue weighted by molar-refractivity contribution is -0.120. The van der Waals surface area contributed by atoms with Crippen molar-refractivity contribution in [2.24, 2.45) is 0 Å². The van der Waals surface area contributed by atoms with Crippen molar-refractivity contribution >= 4 is 29.3 Å². The summed E-state index contributed by atoms with van der Waals surface area (Å²) < 4.78 is 0. The average Bonchev–Trinajstić information content (AvgIpc) is 2.58. The van der Waals surface area contributed by atoms with E-state index in [9.17, 15) is 14.4 Å². The number of aromatic nitrogens is 1. The van der Waals surface area contributed by atoms with Crippen molar-refractivity contribution in [2.75, 3.05) is 6.54 Å². The topological polar surface area (TPSA) is 100 Å². The van der Waals surface area contributed by atoms with Crippen LogP contribution in [-0.4, -0.2) is 29.3 Å². The quantitative estimate of drug-likeness (QED) is 0.725. The molecule has 1 heterocycles. The molecule has 8 heteroatoms. The predicted octanol–water partition coefficient (Wildman–Crippen LogP) is 1.23. The molecule has 24 heavy (non-hydrogen) atoms. The van der Waals surface area contributed by atoms with Crippen LogP contribution >= 0.6 is 11.6 Å². The third-order valence-electron chi connectivity index (χ3n) is 2.99. The number of amides is 3. The van der Waals surface area contributed by atoms with Crippen LogP contribution in [-0.2, 0) is 4.79 Å². The van der Waals surface area contributed by atoms with Gasteiger partial charge in [0.15, 0.2) is 0 Å². The average molecular weight is 347 g/mol. The Hall–Kier alpha value is -2.93. The smallest absolute Gasteiger partial charge is 0.270 e. The number of halogens is 1. The summed E-state index contributed by atoms with van der Waals surface area (Å²) in [4.78, 5) is 39.1. The molecule has 0 saturated heterocycles. The fraction of sp³-hybridized carbons (Fsp3) is 0.125. The Morgan fingerprint density at radius 1 is 1.04 bits per heavy atom. The standard InChI is InChI=1S/C16H15ClN4O3/c1-10-2-4-11(5-3-10)15(23)21-20-14(22)9-19-16(24)13-8-12(17)6-7-18-13/h2-8H,9H2,1H3,(H,19,24)(H,20,22)(H,21,23). The monoisotopic (exact) mass is 346 g/mol. The van der Waals surface area contributed by atoms with Crippen LogP contribution in [0.5, 0.6) is 0 Å². The molecule has 0 atom stereocenters. The summed E-state index contributed by atoms with van der Waals surface area (Å²) in [7, 11) is 0. The summed E-state index contributed by atoms with van der Waals surface area (Å²) in [5, 5.41) is 2.74. The molecule has 0 radical (unpaired) electrons. The second kappa shape index (κ2) is 8.07. The molecule has 1 aromatic carbocycles. The maximum absolute atomic E-state index is 11.8. The van der Waals surface area contributed by atoms with Crippen molar-refractivity contribution in [1.29, 1.82) is 0 Å². The van der Waals surface area contributed by atoms with Crippen LogP contribution in [0.2, 0.25) is 5.02 Å². The maximum Gasteiger partial charge on any atom is 0.270 e. The van der Waals surface area contributed by atoms with Gasteiger partial charge in [0.1, 0.15) is 5.69 Å². The van der Waals surface area contributed by atoms with Gasteiger partial charge in [0.25, 0.3) is 17.7 Å². The van der Waals surface area contributed by atoms with E-state index < -0.39 is 17.7 Å². The normalized spacial score (nSPS) is 9.92. The molecule has 0 spiro atoms. The van der Waals surface area contributed by atoms with Gasteiger partial charge in [-0.1, -0.05) is 29.3 Å². The van der Waals surface area contributed by atoms with Crippen molar-refractivity contribution in [2.45, 2.75) is 6.92 Å². The fourth-order valence-corrected chi connectivity index (χ4v) is 1.89. The molecule has 3 amide bonds. The molecular formula is C16H15ClN4O3. The minimum atomic E-state index is -0.578. The number of hydrogen-bond acceptors (Lipinski definition) is 4. The summed E-state index contributed by atoms with van der Waals surface area (Å²) in [5.74, 6) is -1.57. The van der Waals surface area contributed by atoms with Crippen LogP contribution in [0.15, 0.2) is 42.6 Å². The van der Waals surface area contributed by atoms with Gasteiger partial charge in [0.2, 0.25) is 0 Å². The molecule has 2 rings (SSSR count). The Bertz CT molecular complexity index is 762. The Morgan fingerprint density at radius 2 is 1.75 bits per heavy atom. The van der Waals surface area contributed by atoms with E-state index >= 15 is 0 Å². The highest BCUT2D eigenvalue weighted by molar-refractivity contribution is 6.30. The number of benzene rings is 1. The van der Waals surface area contributed by atoms with Crippen molar-refractivity contribution in [3.05, 3.63) is 64.4 Å². The molecule has 0 aliphatic heterocycles. The van der Waals surface area contributed by atoms with Gasteiger partial charge >= 0.3 is 0 Å². The molecule has 0 unspecified atom stereocenters. The van der Waals surface area contributed by atoms with Crippen LogP contribution in [0.3, 0.4) is 0 Å². The number of pyridine rings is 1. The molecule has 1 aromatic heterocycles. The van der Waals surface area contributed by atoms with E-state index in [0.29, 0.717) is 10.6 Å². The molecule has 0 fully saturated rings. The number of hydrazine groups is 1. The number of aryl methyl sites for hydroxylation is 1. The van der Waals surface area contributed by atoms with Crippen molar-refractivity contribution < 1.29 is 14.4 Å². The highest BCUT2D eigenvalue weighted by Gasteiger charge is 2.11. The second-order valence-electron chi connectivity index (χ2n) is 4.91. The maximum atomic E-state index is 11.8. The number of hydrogen-bond donors (Lipinski definition) is 3. The van der Waals surface area contributed by atoms with E-state index in [-0.39, 0.29) is 12.2 Å². The highest BCUT2D eigenvalue weighted by Crippen LogP contribution is 2.07. The molecule has 7 nitrogen and oxygen atoms in total. The van der Waals surface area contributed by atoms with Gasteiger partial charge in [-0.3, -0.25) is 30.2 Å². The molecule has 0 aliphatic rings. The molecule has 0 saturated carbocycles. The van der Waals surface area contributed by atoms with Crippen LogP contribution in [0.1, 0.15) is 26.4 Å². The zero-order chi connectivity index (χ0) is 17.5. The number of nitrogens with zero attached hydrogens (tertiary/aromatic N) is 1. The minimum absolute atomic E-state index is 0.0963. The Labute approximate surface area is 143 Å². The number of rotatable bonds is 4. The Kier molecular flexibility index (Phi) is 5.86. The van der Waals surface area contributed by atoms with Crippen LogP contribution < -0.4 is 16.2 Å². The first kappa shape index (κ1) is 17.4. The summed E-state index contributed by atoms with van der Waals surface area (Å²) in [6.07, 6.45) is 1.39.